The molecule has 0 bridgehead atoms. The van der Waals surface area contributed by atoms with Crippen LogP contribution in [0.5, 0.6) is 0 Å². The van der Waals surface area contributed by atoms with E-state index in [9.17, 15) is 0 Å². The second kappa shape index (κ2) is 7.65. The first-order valence-electron chi connectivity index (χ1n) is 6.85. The molecule has 2 nitrogen and oxygen atoms in total. The molecule has 0 amide bonds. The zero-order chi connectivity index (χ0) is 13.5. The largest absolute Gasteiger partial charge is 0.371 e. The third kappa shape index (κ3) is 3.89. The van der Waals surface area contributed by atoms with Crippen molar-refractivity contribution in [1.29, 1.82) is 0 Å². The third-order valence-corrected chi connectivity index (χ3v) is 3.71. The maximum absolute atomic E-state index is 6.10. The highest BCUT2D eigenvalue weighted by atomic mass is 35.5. The van der Waals surface area contributed by atoms with Gasteiger partial charge in [-0.2, -0.15) is 0 Å². The zero-order valence-electron chi connectivity index (χ0n) is 12.0. The van der Waals surface area contributed by atoms with Crippen LogP contribution in [0.2, 0.25) is 5.02 Å². The van der Waals surface area contributed by atoms with Gasteiger partial charge in [-0.15, -0.1) is 0 Å². The van der Waals surface area contributed by atoms with Crippen molar-refractivity contribution in [3.05, 3.63) is 28.8 Å². The van der Waals surface area contributed by atoms with E-state index in [0.717, 1.165) is 31.0 Å². The number of hydrogen-bond acceptors (Lipinski definition) is 2. The molecule has 0 aliphatic rings. The minimum absolute atomic E-state index is 0.589. The Morgan fingerprint density at radius 2 is 1.89 bits per heavy atom. The van der Waals surface area contributed by atoms with Crippen LogP contribution in [0, 0.1) is 0 Å². The smallest absolute Gasteiger partial charge is 0.0412 e. The van der Waals surface area contributed by atoms with Gasteiger partial charge in [0.2, 0.25) is 0 Å². The van der Waals surface area contributed by atoms with Crippen molar-refractivity contribution in [2.75, 3.05) is 18.5 Å². The standard InChI is InChI=1S/C15H25ClN2/c1-5-14(6-2)18(4)15-9-8-13(16)10-12(15)11-17-7-3/h8-10,14,17H,5-7,11H2,1-4H3. The summed E-state index contributed by atoms with van der Waals surface area (Å²) >= 11 is 6.10. The van der Waals surface area contributed by atoms with Crippen molar-refractivity contribution in [3.63, 3.8) is 0 Å². The van der Waals surface area contributed by atoms with Gasteiger partial charge in [0.25, 0.3) is 0 Å². The Hall–Kier alpha value is -0.730. The summed E-state index contributed by atoms with van der Waals surface area (Å²) in [5, 5.41) is 4.19. The van der Waals surface area contributed by atoms with Crippen molar-refractivity contribution in [3.8, 4) is 0 Å². The van der Waals surface area contributed by atoms with Crippen LogP contribution in [-0.2, 0) is 6.54 Å². The molecular weight excluding hydrogens is 244 g/mol. The van der Waals surface area contributed by atoms with Gasteiger partial charge in [0, 0.05) is 30.3 Å². The van der Waals surface area contributed by atoms with Gasteiger partial charge in [0.05, 0.1) is 0 Å². The van der Waals surface area contributed by atoms with Crippen LogP contribution >= 0.6 is 11.6 Å². The molecule has 0 heterocycles. The summed E-state index contributed by atoms with van der Waals surface area (Å²) < 4.78 is 0. The highest BCUT2D eigenvalue weighted by Gasteiger charge is 2.14. The van der Waals surface area contributed by atoms with Gasteiger partial charge in [-0.1, -0.05) is 32.4 Å². The number of nitrogens with one attached hydrogen (secondary N) is 1. The fourth-order valence-corrected chi connectivity index (χ4v) is 2.53. The summed E-state index contributed by atoms with van der Waals surface area (Å²) in [6.45, 7) is 8.45. The van der Waals surface area contributed by atoms with E-state index in [2.05, 4.69) is 50.2 Å². The lowest BCUT2D eigenvalue weighted by molar-refractivity contribution is 0.588. The van der Waals surface area contributed by atoms with Crippen LogP contribution in [0.15, 0.2) is 18.2 Å². The maximum Gasteiger partial charge on any atom is 0.0412 e. The minimum atomic E-state index is 0.589. The highest BCUT2D eigenvalue weighted by molar-refractivity contribution is 6.30. The third-order valence-electron chi connectivity index (χ3n) is 3.48. The Kier molecular flexibility index (Phi) is 6.51. The van der Waals surface area contributed by atoms with E-state index in [1.54, 1.807) is 0 Å². The minimum Gasteiger partial charge on any atom is -0.371 e. The van der Waals surface area contributed by atoms with Crippen LogP contribution < -0.4 is 10.2 Å². The van der Waals surface area contributed by atoms with Crippen molar-refractivity contribution in [2.24, 2.45) is 0 Å². The van der Waals surface area contributed by atoms with Crippen molar-refractivity contribution in [2.45, 2.75) is 46.2 Å². The monoisotopic (exact) mass is 268 g/mol. The van der Waals surface area contributed by atoms with E-state index in [1.165, 1.54) is 11.3 Å². The van der Waals surface area contributed by atoms with Gasteiger partial charge in [0.15, 0.2) is 0 Å². The molecule has 0 aliphatic heterocycles. The van der Waals surface area contributed by atoms with Crippen LogP contribution in [0.3, 0.4) is 0 Å². The predicted molar refractivity (Wildman–Crippen MR) is 81.6 cm³/mol. The van der Waals surface area contributed by atoms with Crippen LogP contribution in [0.4, 0.5) is 5.69 Å². The number of benzene rings is 1. The number of nitrogens with zero attached hydrogens (tertiary/aromatic N) is 1. The zero-order valence-corrected chi connectivity index (χ0v) is 12.7. The molecule has 3 heteroatoms. The molecule has 0 saturated heterocycles. The second-order valence-electron chi connectivity index (χ2n) is 4.63. The van der Waals surface area contributed by atoms with Gasteiger partial charge >= 0.3 is 0 Å². The van der Waals surface area contributed by atoms with Gasteiger partial charge < -0.3 is 10.2 Å². The molecule has 0 atom stereocenters. The molecule has 0 radical (unpaired) electrons. The first-order valence-corrected chi connectivity index (χ1v) is 7.23. The Labute approximate surface area is 116 Å². The Morgan fingerprint density at radius 3 is 2.44 bits per heavy atom. The average Bonchev–Trinajstić information content (AvgIpc) is 2.37. The lowest BCUT2D eigenvalue weighted by atomic mass is 10.1. The van der Waals surface area contributed by atoms with Gasteiger partial charge in [-0.05, 0) is 43.1 Å². The number of halogens is 1. The SMILES string of the molecule is CCNCc1cc(Cl)ccc1N(C)C(CC)CC. The molecule has 0 aliphatic carbocycles. The quantitative estimate of drug-likeness (QED) is 0.802. The van der Waals surface area contributed by atoms with Gasteiger partial charge in [-0.3, -0.25) is 0 Å². The normalized spacial score (nSPS) is 11.0. The van der Waals surface area contributed by atoms with Crippen LogP contribution in [0.1, 0.15) is 39.2 Å². The van der Waals surface area contributed by atoms with Crippen LogP contribution in [-0.4, -0.2) is 19.6 Å². The van der Waals surface area contributed by atoms with E-state index < -0.39 is 0 Å². The Morgan fingerprint density at radius 1 is 1.22 bits per heavy atom. The van der Waals surface area contributed by atoms with Gasteiger partial charge in [0.1, 0.15) is 0 Å². The van der Waals surface area contributed by atoms with Crippen molar-refractivity contribution >= 4 is 17.3 Å². The van der Waals surface area contributed by atoms with E-state index in [0.29, 0.717) is 6.04 Å². The Bertz CT molecular complexity index is 362. The molecule has 18 heavy (non-hydrogen) atoms. The summed E-state index contributed by atoms with van der Waals surface area (Å²) in [6.07, 6.45) is 2.33. The van der Waals surface area contributed by atoms with E-state index in [4.69, 9.17) is 11.6 Å². The topological polar surface area (TPSA) is 15.3 Å². The number of hydrogen-bond donors (Lipinski definition) is 1. The fraction of sp³-hybridized carbons (Fsp3) is 0.600. The summed E-state index contributed by atoms with van der Waals surface area (Å²) in [5.41, 5.74) is 2.56. The predicted octanol–water partition coefficient (Wildman–Crippen LogP) is 4.07. The molecule has 0 spiro atoms. The lowest BCUT2D eigenvalue weighted by Crippen LogP contribution is -2.31. The molecule has 1 rings (SSSR count). The molecule has 0 unspecified atom stereocenters. The summed E-state index contributed by atoms with van der Waals surface area (Å²) in [4.78, 5) is 2.38. The molecule has 1 aromatic rings. The van der Waals surface area contributed by atoms with Gasteiger partial charge in [-0.25, -0.2) is 0 Å². The molecule has 102 valence electrons. The molecule has 1 aromatic carbocycles. The average molecular weight is 269 g/mol. The molecule has 0 fully saturated rings. The number of anilines is 1. The molecule has 0 aromatic heterocycles. The summed E-state index contributed by atoms with van der Waals surface area (Å²) in [5.74, 6) is 0. The summed E-state index contributed by atoms with van der Waals surface area (Å²) in [7, 11) is 2.18. The lowest BCUT2D eigenvalue weighted by Gasteiger charge is -2.30. The van der Waals surface area contributed by atoms with E-state index in [-0.39, 0.29) is 0 Å². The summed E-state index contributed by atoms with van der Waals surface area (Å²) in [6, 6.07) is 6.77. The molecular formula is C15H25ClN2. The fourth-order valence-electron chi connectivity index (χ4n) is 2.33. The second-order valence-corrected chi connectivity index (χ2v) is 5.07. The Balaban J connectivity index is 2.98. The van der Waals surface area contributed by atoms with E-state index in [1.807, 2.05) is 6.07 Å². The molecule has 0 saturated carbocycles. The van der Waals surface area contributed by atoms with Crippen LogP contribution in [0.25, 0.3) is 0 Å². The van der Waals surface area contributed by atoms with Crippen molar-refractivity contribution in [1.82, 2.24) is 5.32 Å². The first kappa shape index (κ1) is 15.3. The number of rotatable bonds is 7. The molecule has 1 N–H and O–H groups in total. The maximum atomic E-state index is 6.10. The van der Waals surface area contributed by atoms with E-state index >= 15 is 0 Å². The first-order chi connectivity index (χ1) is 8.63. The van der Waals surface area contributed by atoms with Crippen molar-refractivity contribution < 1.29 is 0 Å². The highest BCUT2D eigenvalue weighted by Crippen LogP contribution is 2.26.